The molecule has 0 radical (unpaired) electrons. The van der Waals surface area contributed by atoms with E-state index < -0.39 is 17.8 Å². The van der Waals surface area contributed by atoms with E-state index in [4.69, 9.17) is 0 Å². The summed E-state index contributed by atoms with van der Waals surface area (Å²) in [5.74, 6) is -0.663. The quantitative estimate of drug-likeness (QED) is 0.703. The van der Waals surface area contributed by atoms with Crippen LogP contribution in [0, 0.1) is 0 Å². The molecule has 1 aromatic rings. The van der Waals surface area contributed by atoms with Gasteiger partial charge in [0.2, 0.25) is 0 Å². The molecular weight excluding hydrogens is 213 g/mol. The van der Waals surface area contributed by atoms with E-state index in [1.54, 1.807) is 0 Å². The Morgan fingerprint density at radius 3 is 2.67 bits per heavy atom. The third-order valence-electron chi connectivity index (χ3n) is 1.53. The Labute approximate surface area is 83.1 Å². The van der Waals surface area contributed by atoms with Crippen LogP contribution in [0.25, 0.3) is 0 Å². The topological polar surface area (TPSA) is 52.1 Å². The van der Waals surface area contributed by atoms with Gasteiger partial charge in [0.1, 0.15) is 0 Å². The lowest BCUT2D eigenvalue weighted by atomic mass is 10.3. The molecule has 0 saturated heterocycles. The molecule has 82 valence electrons. The van der Waals surface area contributed by atoms with E-state index in [-0.39, 0.29) is 12.1 Å². The fraction of sp³-hybridized carbons (Fsp3) is 0.375. The minimum atomic E-state index is -4.56. The van der Waals surface area contributed by atoms with Crippen molar-refractivity contribution in [2.45, 2.75) is 12.6 Å². The van der Waals surface area contributed by atoms with E-state index in [0.717, 1.165) is 13.3 Å². The Balaban J connectivity index is 2.88. The third kappa shape index (κ3) is 3.19. The number of nitrogens with zero attached hydrogens (tertiary/aromatic N) is 2. The molecule has 1 heterocycles. The number of carbonyl (C=O) groups excluding carboxylic acids is 1. The molecule has 0 fully saturated rings. The number of hydrogen-bond donors (Lipinski definition) is 0. The van der Waals surface area contributed by atoms with Gasteiger partial charge in [0, 0.05) is 6.20 Å². The molecule has 0 aliphatic heterocycles. The first-order chi connectivity index (χ1) is 6.93. The third-order valence-corrected chi connectivity index (χ3v) is 1.53. The van der Waals surface area contributed by atoms with Gasteiger partial charge in [-0.1, -0.05) is 0 Å². The van der Waals surface area contributed by atoms with Gasteiger partial charge in [-0.3, -0.25) is 9.78 Å². The number of rotatable bonds is 2. The first-order valence-corrected chi connectivity index (χ1v) is 3.88. The molecular formula is C8H7F3N2O2. The summed E-state index contributed by atoms with van der Waals surface area (Å²) in [7, 11) is 1.14. The monoisotopic (exact) mass is 220 g/mol. The zero-order valence-electron chi connectivity index (χ0n) is 7.71. The van der Waals surface area contributed by atoms with Gasteiger partial charge in [-0.15, -0.1) is 0 Å². The van der Waals surface area contributed by atoms with E-state index in [1.807, 2.05) is 0 Å². The van der Waals surface area contributed by atoms with Crippen molar-refractivity contribution in [2.24, 2.45) is 0 Å². The summed E-state index contributed by atoms with van der Waals surface area (Å²) in [5.41, 5.74) is -1.19. The Hall–Kier alpha value is -1.66. The zero-order chi connectivity index (χ0) is 11.5. The molecule has 0 aliphatic carbocycles. The number of carbonyl (C=O) groups is 1. The Morgan fingerprint density at radius 1 is 1.47 bits per heavy atom. The van der Waals surface area contributed by atoms with Crippen LogP contribution in [0.5, 0.6) is 0 Å². The molecule has 1 aromatic heterocycles. The highest BCUT2D eigenvalue weighted by molar-refractivity contribution is 5.71. The highest BCUT2D eigenvalue weighted by Crippen LogP contribution is 2.26. The van der Waals surface area contributed by atoms with Crippen LogP contribution in [0.3, 0.4) is 0 Å². The van der Waals surface area contributed by atoms with Gasteiger partial charge in [-0.25, -0.2) is 4.98 Å². The highest BCUT2D eigenvalue weighted by atomic mass is 19.4. The number of methoxy groups -OCH3 is 1. The van der Waals surface area contributed by atoms with Crippen molar-refractivity contribution < 1.29 is 22.7 Å². The van der Waals surface area contributed by atoms with Gasteiger partial charge >= 0.3 is 12.1 Å². The highest BCUT2D eigenvalue weighted by Gasteiger charge is 2.33. The lowest BCUT2D eigenvalue weighted by Gasteiger charge is -2.06. The lowest BCUT2D eigenvalue weighted by Crippen LogP contribution is -2.12. The molecule has 0 atom stereocenters. The second kappa shape index (κ2) is 4.24. The van der Waals surface area contributed by atoms with Crippen molar-refractivity contribution in [3.63, 3.8) is 0 Å². The summed E-state index contributed by atoms with van der Waals surface area (Å²) in [6.07, 6.45) is -3.19. The second-order valence-corrected chi connectivity index (χ2v) is 2.65. The molecule has 15 heavy (non-hydrogen) atoms. The Kier molecular flexibility index (Phi) is 3.23. The number of esters is 1. The minimum Gasteiger partial charge on any atom is -0.469 e. The Bertz CT molecular complexity index is 365. The summed E-state index contributed by atoms with van der Waals surface area (Å²) in [5, 5.41) is 0. The first-order valence-electron chi connectivity index (χ1n) is 3.88. The Morgan fingerprint density at radius 2 is 2.13 bits per heavy atom. The summed E-state index contributed by atoms with van der Waals surface area (Å²) in [6, 6.07) is 0. The van der Waals surface area contributed by atoms with Crippen molar-refractivity contribution in [3.8, 4) is 0 Å². The molecule has 1 rings (SSSR count). The number of alkyl halides is 3. The van der Waals surface area contributed by atoms with Crippen LogP contribution in [0.4, 0.5) is 13.2 Å². The van der Waals surface area contributed by atoms with E-state index in [9.17, 15) is 18.0 Å². The van der Waals surface area contributed by atoms with Gasteiger partial charge in [0.15, 0.2) is 5.69 Å². The van der Waals surface area contributed by atoms with Crippen LogP contribution < -0.4 is 0 Å². The van der Waals surface area contributed by atoms with E-state index in [0.29, 0.717) is 6.20 Å². The van der Waals surface area contributed by atoms with Gasteiger partial charge < -0.3 is 4.74 Å². The maximum Gasteiger partial charge on any atom is 0.434 e. The predicted octanol–water partition coefficient (Wildman–Crippen LogP) is 1.21. The average molecular weight is 220 g/mol. The minimum absolute atomic E-state index is 0.0725. The van der Waals surface area contributed by atoms with Gasteiger partial charge in [-0.05, 0) is 0 Å². The summed E-state index contributed by atoms with van der Waals surface area (Å²) >= 11 is 0. The van der Waals surface area contributed by atoms with Crippen molar-refractivity contribution in [1.29, 1.82) is 0 Å². The van der Waals surface area contributed by atoms with Gasteiger partial charge in [0.05, 0.1) is 25.4 Å². The molecule has 0 aromatic carbocycles. The fourth-order valence-electron chi connectivity index (χ4n) is 0.848. The standard InChI is InChI=1S/C8H7F3N2O2/c1-15-7(14)2-5-3-12-4-6(13-5)8(9,10)11/h3-4H,2H2,1H3. The molecule has 0 saturated carbocycles. The maximum absolute atomic E-state index is 12.2. The summed E-state index contributed by atoms with van der Waals surface area (Å²) < 4.78 is 40.8. The zero-order valence-corrected chi connectivity index (χ0v) is 7.71. The maximum atomic E-state index is 12.2. The van der Waals surface area contributed by atoms with Crippen molar-refractivity contribution in [1.82, 2.24) is 9.97 Å². The smallest absolute Gasteiger partial charge is 0.434 e. The summed E-state index contributed by atoms with van der Waals surface area (Å²) in [6.45, 7) is 0. The van der Waals surface area contributed by atoms with Gasteiger partial charge in [-0.2, -0.15) is 13.2 Å². The molecule has 0 aliphatic rings. The van der Waals surface area contributed by atoms with Crippen LogP contribution in [0.2, 0.25) is 0 Å². The predicted molar refractivity (Wildman–Crippen MR) is 42.8 cm³/mol. The fourth-order valence-corrected chi connectivity index (χ4v) is 0.848. The van der Waals surface area contributed by atoms with E-state index in [2.05, 4.69) is 14.7 Å². The normalized spacial score (nSPS) is 11.2. The number of ether oxygens (including phenoxy) is 1. The van der Waals surface area contributed by atoms with Crippen LogP contribution in [0.15, 0.2) is 12.4 Å². The van der Waals surface area contributed by atoms with E-state index in [1.165, 1.54) is 0 Å². The van der Waals surface area contributed by atoms with Crippen LogP contribution in [0.1, 0.15) is 11.4 Å². The van der Waals surface area contributed by atoms with Crippen molar-refractivity contribution in [2.75, 3.05) is 7.11 Å². The second-order valence-electron chi connectivity index (χ2n) is 2.65. The van der Waals surface area contributed by atoms with Crippen LogP contribution in [-0.2, 0) is 22.1 Å². The van der Waals surface area contributed by atoms with Crippen molar-refractivity contribution >= 4 is 5.97 Å². The molecule has 4 nitrogen and oxygen atoms in total. The SMILES string of the molecule is COC(=O)Cc1cncc(C(F)(F)F)n1. The average Bonchev–Trinajstić information content (AvgIpc) is 2.17. The molecule has 0 bridgehead atoms. The van der Waals surface area contributed by atoms with Crippen molar-refractivity contribution in [3.05, 3.63) is 23.8 Å². The summed E-state index contributed by atoms with van der Waals surface area (Å²) in [4.78, 5) is 17.4. The molecule has 7 heteroatoms. The first kappa shape index (κ1) is 11.4. The number of aromatic nitrogens is 2. The van der Waals surface area contributed by atoms with Gasteiger partial charge in [0.25, 0.3) is 0 Å². The molecule has 0 unspecified atom stereocenters. The number of hydrogen-bond acceptors (Lipinski definition) is 4. The van der Waals surface area contributed by atoms with Crippen LogP contribution >= 0.6 is 0 Å². The van der Waals surface area contributed by atoms with E-state index >= 15 is 0 Å². The largest absolute Gasteiger partial charge is 0.469 e. The lowest BCUT2D eigenvalue weighted by molar-refractivity contribution is -0.143. The molecule has 0 amide bonds. The van der Waals surface area contributed by atoms with Crippen LogP contribution in [-0.4, -0.2) is 23.0 Å². The molecule has 0 spiro atoms. The molecule has 0 N–H and O–H groups in total. The number of halogens is 3.